The number of carbonyl (C=O) groups excluding carboxylic acids is 1. The van der Waals surface area contributed by atoms with Gasteiger partial charge in [0, 0.05) is 37.4 Å². The minimum atomic E-state index is -0.945. The highest BCUT2D eigenvalue weighted by molar-refractivity contribution is 5.90. The Morgan fingerprint density at radius 3 is 2.60 bits per heavy atom. The lowest BCUT2D eigenvalue weighted by Crippen LogP contribution is -2.47. The summed E-state index contributed by atoms with van der Waals surface area (Å²) in [4.78, 5) is 15.6. The average molecular weight is 410 g/mol. The van der Waals surface area contributed by atoms with Crippen molar-refractivity contribution in [1.82, 2.24) is 5.32 Å². The zero-order valence-corrected chi connectivity index (χ0v) is 16.6. The van der Waals surface area contributed by atoms with E-state index in [0.29, 0.717) is 26.2 Å². The molecule has 0 atom stereocenters. The van der Waals surface area contributed by atoms with Crippen molar-refractivity contribution >= 4 is 23.4 Å². The number of amides is 1. The van der Waals surface area contributed by atoms with Crippen molar-refractivity contribution in [1.29, 1.82) is 10.7 Å². The van der Waals surface area contributed by atoms with Crippen LogP contribution in [0.3, 0.4) is 0 Å². The number of hydrogen-bond acceptors (Lipinski definition) is 6. The molecule has 2 aromatic rings. The molecule has 4 N–H and O–H groups in total. The molecule has 0 bridgehead atoms. The van der Waals surface area contributed by atoms with E-state index in [2.05, 4.69) is 11.0 Å². The molecule has 0 radical (unpaired) electrons. The number of nitriles is 1. The zero-order valence-electron chi connectivity index (χ0n) is 16.6. The summed E-state index contributed by atoms with van der Waals surface area (Å²) >= 11 is 0. The van der Waals surface area contributed by atoms with E-state index in [1.807, 2.05) is 41.4 Å². The molecule has 156 valence electrons. The highest BCUT2D eigenvalue weighted by Gasteiger charge is 2.24. The fraction of sp³-hybridized carbons (Fsp3) is 0.286. The van der Waals surface area contributed by atoms with Crippen molar-refractivity contribution in [3.8, 4) is 6.07 Å². The van der Waals surface area contributed by atoms with Crippen molar-refractivity contribution < 1.29 is 13.9 Å². The minimum absolute atomic E-state index is 0.142. The van der Waals surface area contributed by atoms with Gasteiger partial charge in [-0.3, -0.25) is 10.7 Å². The number of guanidine groups is 1. The Balaban J connectivity index is 1.74. The molecule has 30 heavy (non-hydrogen) atoms. The molecule has 2 aromatic carbocycles. The van der Waals surface area contributed by atoms with Gasteiger partial charge in [-0.05, 0) is 30.7 Å². The van der Waals surface area contributed by atoms with Crippen LogP contribution in [0, 0.1) is 29.5 Å². The number of nitrogens with two attached hydrogens (primary N) is 1. The van der Waals surface area contributed by atoms with Gasteiger partial charge < -0.3 is 20.3 Å². The predicted molar refractivity (Wildman–Crippen MR) is 112 cm³/mol. The summed E-state index contributed by atoms with van der Waals surface area (Å²) in [6.07, 6.45) is -0.945. The first-order valence-corrected chi connectivity index (χ1v) is 9.45. The topological polar surface area (TPSA) is 118 Å². The third-order valence-corrected chi connectivity index (χ3v) is 4.87. The first-order valence-electron chi connectivity index (χ1n) is 9.45. The lowest BCUT2D eigenvalue weighted by Gasteiger charge is -2.38. The minimum Gasteiger partial charge on any atom is -0.444 e. The lowest BCUT2D eigenvalue weighted by molar-refractivity contribution is 0.143. The van der Waals surface area contributed by atoms with Gasteiger partial charge in [-0.25, -0.2) is 9.18 Å². The normalized spacial score (nSPS) is 13.5. The number of benzene rings is 2. The fourth-order valence-corrected chi connectivity index (χ4v) is 3.42. The van der Waals surface area contributed by atoms with Gasteiger partial charge >= 0.3 is 6.09 Å². The second kappa shape index (κ2) is 9.13. The maximum Gasteiger partial charge on any atom is 0.414 e. The van der Waals surface area contributed by atoms with Crippen molar-refractivity contribution in [2.75, 3.05) is 36.0 Å². The van der Waals surface area contributed by atoms with Gasteiger partial charge in [-0.2, -0.15) is 5.26 Å². The number of ether oxygens (including phenoxy) is 1. The molecule has 0 spiro atoms. The third kappa shape index (κ3) is 4.78. The van der Waals surface area contributed by atoms with E-state index in [0.717, 1.165) is 5.69 Å². The van der Waals surface area contributed by atoms with Crippen LogP contribution in [0.2, 0.25) is 0 Å². The van der Waals surface area contributed by atoms with Gasteiger partial charge in [0.15, 0.2) is 11.8 Å². The molecule has 1 saturated heterocycles. The summed E-state index contributed by atoms with van der Waals surface area (Å²) in [7, 11) is 0. The number of alkyl carbamates (subject to hydrolysis) is 1. The van der Waals surface area contributed by atoms with E-state index in [1.54, 1.807) is 0 Å². The smallest absolute Gasteiger partial charge is 0.414 e. The molecule has 0 saturated carbocycles. The van der Waals surface area contributed by atoms with Crippen LogP contribution in [-0.4, -0.2) is 38.2 Å². The second-order valence-corrected chi connectivity index (χ2v) is 6.97. The largest absolute Gasteiger partial charge is 0.444 e. The van der Waals surface area contributed by atoms with E-state index < -0.39 is 17.9 Å². The summed E-state index contributed by atoms with van der Waals surface area (Å²) < 4.78 is 20.1. The first kappa shape index (κ1) is 20.9. The van der Waals surface area contributed by atoms with Crippen LogP contribution in [0.5, 0.6) is 0 Å². The Kier molecular flexibility index (Phi) is 6.37. The van der Waals surface area contributed by atoms with Crippen molar-refractivity contribution in [3.63, 3.8) is 0 Å². The molecule has 1 fully saturated rings. The first-order chi connectivity index (χ1) is 14.4. The van der Waals surface area contributed by atoms with Crippen molar-refractivity contribution in [2.24, 2.45) is 5.73 Å². The van der Waals surface area contributed by atoms with Gasteiger partial charge in [0.25, 0.3) is 0 Å². The quantitative estimate of drug-likeness (QED) is 0.526. The number of nitrogens with zero attached hydrogens (tertiary/aromatic N) is 3. The Bertz CT molecular complexity index is 995. The molecule has 3 rings (SSSR count). The van der Waals surface area contributed by atoms with Crippen LogP contribution in [0.1, 0.15) is 16.7 Å². The van der Waals surface area contributed by atoms with Gasteiger partial charge in [0.2, 0.25) is 0 Å². The molecule has 1 amide bonds. The number of nitrogens with one attached hydrogen (secondary N) is 2. The van der Waals surface area contributed by atoms with Crippen molar-refractivity contribution in [2.45, 2.75) is 13.5 Å². The molecular weight excluding hydrogens is 387 g/mol. The van der Waals surface area contributed by atoms with Crippen LogP contribution in [0.25, 0.3) is 0 Å². The van der Waals surface area contributed by atoms with Gasteiger partial charge in [-0.15, -0.1) is 0 Å². The Hall–Kier alpha value is -3.80. The van der Waals surface area contributed by atoms with Crippen LogP contribution in [0.15, 0.2) is 36.4 Å². The summed E-state index contributed by atoms with van der Waals surface area (Å²) in [6, 6.07) is 13.2. The second-order valence-electron chi connectivity index (χ2n) is 6.97. The van der Waals surface area contributed by atoms with Gasteiger partial charge in [-0.1, -0.05) is 18.2 Å². The van der Waals surface area contributed by atoms with E-state index >= 15 is 4.39 Å². The summed E-state index contributed by atoms with van der Waals surface area (Å²) in [5.41, 5.74) is 7.95. The van der Waals surface area contributed by atoms with Crippen LogP contribution in [-0.2, 0) is 11.3 Å². The number of rotatable bonds is 4. The number of halogens is 1. The Morgan fingerprint density at radius 2 is 1.97 bits per heavy atom. The van der Waals surface area contributed by atoms with E-state index in [-0.39, 0.29) is 23.4 Å². The number of aryl methyl sites for hydroxylation is 1. The fourth-order valence-electron chi connectivity index (χ4n) is 3.42. The molecule has 1 aliphatic rings. The maximum absolute atomic E-state index is 15.2. The standard InChI is InChI=1S/C21H23FN6O2/c1-14-3-2-4-17(11-14)27-7-9-28(10-8-27)19-15(12-23)5-6-16(18(19)22)13-30-21(29)26-20(24)25/h2-6,11H,7-10,13H2,1H3,(H4,24,25,26,29). The molecule has 0 unspecified atom stereocenters. The number of carbonyl (C=O) groups is 1. The van der Waals surface area contributed by atoms with Crippen LogP contribution < -0.4 is 20.9 Å². The van der Waals surface area contributed by atoms with Crippen LogP contribution in [0.4, 0.5) is 20.6 Å². The number of piperazine rings is 1. The SMILES string of the molecule is Cc1cccc(N2CCN(c3c(C#N)ccc(COC(=O)NC(=N)N)c3F)CC2)c1. The van der Waals surface area contributed by atoms with Gasteiger partial charge in [0.05, 0.1) is 11.3 Å². The molecular formula is C21H23FN6O2. The predicted octanol–water partition coefficient (Wildman–Crippen LogP) is 2.45. The molecule has 1 heterocycles. The van der Waals surface area contributed by atoms with Gasteiger partial charge in [0.1, 0.15) is 12.7 Å². The maximum atomic E-state index is 15.2. The molecule has 1 aliphatic heterocycles. The third-order valence-electron chi connectivity index (χ3n) is 4.87. The average Bonchev–Trinajstić information content (AvgIpc) is 2.72. The Labute approximate surface area is 174 Å². The highest BCUT2D eigenvalue weighted by atomic mass is 19.1. The lowest BCUT2D eigenvalue weighted by atomic mass is 10.1. The van der Waals surface area contributed by atoms with Crippen LogP contribution >= 0.6 is 0 Å². The van der Waals surface area contributed by atoms with E-state index in [9.17, 15) is 10.1 Å². The zero-order chi connectivity index (χ0) is 21.7. The molecule has 8 nitrogen and oxygen atoms in total. The van der Waals surface area contributed by atoms with Crippen molar-refractivity contribution in [3.05, 3.63) is 58.9 Å². The number of anilines is 2. The molecule has 0 aliphatic carbocycles. The molecule has 9 heteroatoms. The van der Waals surface area contributed by atoms with E-state index in [4.69, 9.17) is 15.9 Å². The number of hydrogen-bond donors (Lipinski definition) is 3. The summed E-state index contributed by atoms with van der Waals surface area (Å²) in [5, 5.41) is 18.4. The highest BCUT2D eigenvalue weighted by Crippen LogP contribution is 2.29. The van der Waals surface area contributed by atoms with E-state index in [1.165, 1.54) is 17.7 Å². The molecule has 0 aromatic heterocycles. The summed E-state index contributed by atoms with van der Waals surface area (Å²) in [5.74, 6) is -1.15. The Morgan fingerprint density at radius 1 is 1.27 bits per heavy atom. The summed E-state index contributed by atoms with van der Waals surface area (Å²) in [6.45, 7) is 4.18. The monoisotopic (exact) mass is 410 g/mol.